The number of carbonyl (C=O) groups is 1. The number of nitrogen functional groups attached to an aromatic ring is 1. The molecule has 1 unspecified atom stereocenters. The van der Waals surface area contributed by atoms with Gasteiger partial charge in [0, 0.05) is 0 Å². The molecule has 0 heterocycles. The van der Waals surface area contributed by atoms with Crippen LogP contribution >= 0.6 is 0 Å². The monoisotopic (exact) mass is 282 g/mol. The Kier molecular flexibility index (Phi) is 3.52. The molecule has 0 radical (unpaired) electrons. The van der Waals surface area contributed by atoms with Gasteiger partial charge in [-0.05, 0) is 48.6 Å². The molecule has 4 N–H and O–H groups in total. The highest BCUT2D eigenvalue weighted by Gasteiger charge is 2.20. The van der Waals surface area contributed by atoms with Crippen molar-refractivity contribution in [3.63, 3.8) is 0 Å². The molecule has 0 saturated heterocycles. The Morgan fingerprint density at radius 1 is 1.24 bits per heavy atom. The zero-order chi connectivity index (χ0) is 14.8. The van der Waals surface area contributed by atoms with Crippen LogP contribution in [0.3, 0.4) is 0 Å². The van der Waals surface area contributed by atoms with E-state index in [2.05, 4.69) is 23.5 Å². The number of hydrogen-bond donors (Lipinski definition) is 3. The minimum absolute atomic E-state index is 0.182. The quantitative estimate of drug-likeness (QED) is 0.754. The number of aromatic carboxylic acids is 1. The van der Waals surface area contributed by atoms with Gasteiger partial charge in [0.25, 0.3) is 0 Å². The van der Waals surface area contributed by atoms with Crippen LogP contribution in [0, 0.1) is 0 Å². The molecule has 0 bridgehead atoms. The Labute approximate surface area is 123 Å². The molecule has 0 amide bonds. The van der Waals surface area contributed by atoms with Gasteiger partial charge in [-0.15, -0.1) is 0 Å². The van der Waals surface area contributed by atoms with Crippen molar-refractivity contribution in [2.75, 3.05) is 11.1 Å². The van der Waals surface area contributed by atoms with Crippen LogP contribution in [0.4, 0.5) is 11.4 Å². The predicted molar refractivity (Wildman–Crippen MR) is 83.6 cm³/mol. The number of hydrogen-bond acceptors (Lipinski definition) is 3. The van der Waals surface area contributed by atoms with Crippen molar-refractivity contribution < 1.29 is 9.90 Å². The lowest BCUT2D eigenvalue weighted by Gasteiger charge is -2.27. The molecule has 1 aliphatic rings. The van der Waals surface area contributed by atoms with Crippen molar-refractivity contribution in [2.24, 2.45) is 0 Å². The van der Waals surface area contributed by atoms with Crippen LogP contribution in [0.5, 0.6) is 0 Å². The second kappa shape index (κ2) is 5.48. The van der Waals surface area contributed by atoms with E-state index in [1.807, 2.05) is 6.07 Å². The van der Waals surface area contributed by atoms with Gasteiger partial charge in [-0.1, -0.05) is 24.3 Å². The van der Waals surface area contributed by atoms with Gasteiger partial charge < -0.3 is 16.2 Å². The summed E-state index contributed by atoms with van der Waals surface area (Å²) in [6, 6.07) is 13.3. The molecular weight excluding hydrogens is 264 g/mol. The van der Waals surface area contributed by atoms with E-state index in [0.29, 0.717) is 11.4 Å². The summed E-state index contributed by atoms with van der Waals surface area (Å²) in [7, 11) is 0. The molecule has 0 aromatic heterocycles. The summed E-state index contributed by atoms with van der Waals surface area (Å²) in [5.41, 5.74) is 10.1. The van der Waals surface area contributed by atoms with E-state index < -0.39 is 5.97 Å². The Hall–Kier alpha value is -2.49. The Balaban J connectivity index is 1.91. The van der Waals surface area contributed by atoms with Gasteiger partial charge in [0.2, 0.25) is 0 Å². The average molecular weight is 282 g/mol. The summed E-state index contributed by atoms with van der Waals surface area (Å²) in [5, 5.41) is 12.5. The minimum Gasteiger partial charge on any atom is -0.478 e. The molecular formula is C17H18N2O2. The highest BCUT2D eigenvalue weighted by molar-refractivity contribution is 5.90. The Morgan fingerprint density at radius 2 is 2.05 bits per heavy atom. The lowest BCUT2D eigenvalue weighted by molar-refractivity contribution is 0.0697. The zero-order valence-electron chi connectivity index (χ0n) is 11.7. The van der Waals surface area contributed by atoms with Crippen LogP contribution in [0.15, 0.2) is 42.5 Å². The first-order valence-electron chi connectivity index (χ1n) is 7.12. The van der Waals surface area contributed by atoms with Crippen molar-refractivity contribution in [3.05, 3.63) is 59.2 Å². The zero-order valence-corrected chi connectivity index (χ0v) is 11.7. The normalized spacial score (nSPS) is 17.0. The molecule has 2 aromatic carbocycles. The number of benzene rings is 2. The smallest absolute Gasteiger partial charge is 0.335 e. The first-order chi connectivity index (χ1) is 10.1. The van der Waals surface area contributed by atoms with Gasteiger partial charge in [0.1, 0.15) is 0 Å². The van der Waals surface area contributed by atoms with Gasteiger partial charge in [-0.2, -0.15) is 0 Å². The SMILES string of the molecule is Nc1ccc(C(=O)O)cc1NC1CCCc2ccccc21. The number of carboxylic acids is 1. The summed E-state index contributed by atoms with van der Waals surface area (Å²) in [4.78, 5) is 11.1. The maximum absolute atomic E-state index is 11.1. The van der Waals surface area contributed by atoms with E-state index in [4.69, 9.17) is 10.8 Å². The predicted octanol–water partition coefficient (Wildman–Crippen LogP) is 3.46. The third kappa shape index (κ3) is 2.70. The van der Waals surface area contributed by atoms with Gasteiger partial charge in [-0.25, -0.2) is 4.79 Å². The van der Waals surface area contributed by atoms with Crippen molar-refractivity contribution in [3.8, 4) is 0 Å². The number of nitrogens with one attached hydrogen (secondary N) is 1. The average Bonchev–Trinajstić information content (AvgIpc) is 2.49. The van der Waals surface area contributed by atoms with Gasteiger partial charge in [0.05, 0.1) is 23.0 Å². The standard InChI is InChI=1S/C17H18N2O2/c18-14-9-8-12(17(20)21)10-16(14)19-15-7-3-5-11-4-1-2-6-13(11)15/h1-2,4,6,8-10,15,19H,3,5,7,18H2,(H,20,21). The second-order valence-electron chi connectivity index (χ2n) is 5.40. The highest BCUT2D eigenvalue weighted by atomic mass is 16.4. The highest BCUT2D eigenvalue weighted by Crippen LogP contribution is 2.34. The fourth-order valence-corrected chi connectivity index (χ4v) is 2.91. The molecule has 108 valence electrons. The number of anilines is 2. The van der Waals surface area contributed by atoms with E-state index in [1.165, 1.54) is 17.2 Å². The number of carboxylic acid groups (broad SMARTS) is 1. The largest absolute Gasteiger partial charge is 0.478 e. The fraction of sp³-hybridized carbons (Fsp3) is 0.235. The third-order valence-electron chi connectivity index (χ3n) is 4.00. The van der Waals surface area contributed by atoms with Crippen molar-refractivity contribution in [2.45, 2.75) is 25.3 Å². The molecule has 0 saturated carbocycles. The molecule has 21 heavy (non-hydrogen) atoms. The van der Waals surface area contributed by atoms with Gasteiger partial charge in [0.15, 0.2) is 0 Å². The molecule has 0 aliphatic heterocycles. The first kappa shape index (κ1) is 13.5. The van der Waals surface area contributed by atoms with Crippen molar-refractivity contribution in [1.29, 1.82) is 0 Å². The Morgan fingerprint density at radius 3 is 2.86 bits per heavy atom. The van der Waals surface area contributed by atoms with Crippen LogP contribution in [0.1, 0.15) is 40.4 Å². The maximum atomic E-state index is 11.1. The summed E-state index contributed by atoms with van der Waals surface area (Å²) in [5.74, 6) is -0.943. The van der Waals surface area contributed by atoms with Crippen LogP contribution in [-0.4, -0.2) is 11.1 Å². The number of fused-ring (bicyclic) bond motifs is 1. The van der Waals surface area contributed by atoms with Crippen molar-refractivity contribution >= 4 is 17.3 Å². The van der Waals surface area contributed by atoms with Crippen molar-refractivity contribution in [1.82, 2.24) is 0 Å². The van der Waals surface area contributed by atoms with Gasteiger partial charge >= 0.3 is 5.97 Å². The summed E-state index contributed by atoms with van der Waals surface area (Å²) in [6.07, 6.45) is 3.24. The van der Waals surface area contributed by atoms with E-state index in [-0.39, 0.29) is 11.6 Å². The van der Waals surface area contributed by atoms with E-state index >= 15 is 0 Å². The molecule has 0 spiro atoms. The molecule has 2 aromatic rings. The van der Waals surface area contributed by atoms with Crippen LogP contribution in [0.2, 0.25) is 0 Å². The van der Waals surface area contributed by atoms with Gasteiger partial charge in [-0.3, -0.25) is 0 Å². The second-order valence-corrected chi connectivity index (χ2v) is 5.40. The summed E-state index contributed by atoms with van der Waals surface area (Å²) < 4.78 is 0. The van der Waals surface area contributed by atoms with E-state index in [0.717, 1.165) is 19.3 Å². The molecule has 1 atom stereocenters. The molecule has 4 heteroatoms. The first-order valence-corrected chi connectivity index (χ1v) is 7.12. The Bertz CT molecular complexity index is 682. The minimum atomic E-state index is -0.943. The van der Waals surface area contributed by atoms with E-state index in [9.17, 15) is 4.79 Å². The molecule has 1 aliphatic carbocycles. The topological polar surface area (TPSA) is 75.4 Å². The summed E-state index contributed by atoms with van der Waals surface area (Å²) >= 11 is 0. The number of aryl methyl sites for hydroxylation is 1. The third-order valence-corrected chi connectivity index (χ3v) is 4.00. The fourth-order valence-electron chi connectivity index (χ4n) is 2.91. The lowest BCUT2D eigenvalue weighted by atomic mass is 9.87. The lowest BCUT2D eigenvalue weighted by Crippen LogP contribution is -2.18. The number of rotatable bonds is 3. The van der Waals surface area contributed by atoms with Crippen LogP contribution in [-0.2, 0) is 6.42 Å². The molecule has 3 rings (SSSR count). The van der Waals surface area contributed by atoms with Crippen LogP contribution in [0.25, 0.3) is 0 Å². The summed E-state index contributed by atoms with van der Waals surface area (Å²) in [6.45, 7) is 0. The number of nitrogens with two attached hydrogens (primary N) is 1. The van der Waals surface area contributed by atoms with E-state index in [1.54, 1.807) is 12.1 Å². The molecule has 4 nitrogen and oxygen atoms in total. The van der Waals surface area contributed by atoms with Crippen LogP contribution < -0.4 is 11.1 Å². The maximum Gasteiger partial charge on any atom is 0.335 e. The molecule has 0 fully saturated rings.